The number of halogens is 2. The van der Waals surface area contributed by atoms with Gasteiger partial charge in [-0.25, -0.2) is 4.39 Å². The largest absolute Gasteiger partial charge is 0.485 e. The maximum atomic E-state index is 13.3. The molecule has 0 amide bonds. The van der Waals surface area contributed by atoms with E-state index in [0.717, 1.165) is 0 Å². The van der Waals surface area contributed by atoms with Crippen molar-refractivity contribution in [2.24, 2.45) is 0 Å². The second kappa shape index (κ2) is 7.89. The minimum absolute atomic E-state index is 0.0972. The average molecular weight is 409 g/mol. The molecule has 0 unspecified atom stereocenters. The minimum Gasteiger partial charge on any atom is -0.485 e. The lowest BCUT2D eigenvalue weighted by atomic mass is 10.1. The molecule has 0 fully saturated rings. The lowest BCUT2D eigenvalue weighted by molar-refractivity contribution is 0.0921. The van der Waals surface area contributed by atoms with Crippen LogP contribution < -0.4 is 9.47 Å². The first kappa shape index (κ1) is 18.9. The van der Waals surface area contributed by atoms with E-state index < -0.39 is 5.82 Å². The maximum absolute atomic E-state index is 13.3. The molecule has 0 spiro atoms. The Hall–Kier alpha value is -3.44. The topological polar surface area (TPSA) is 52.6 Å². The Labute approximate surface area is 171 Å². The van der Waals surface area contributed by atoms with Crippen molar-refractivity contribution >= 4 is 29.2 Å². The van der Waals surface area contributed by atoms with Crippen LogP contribution in [0.1, 0.15) is 26.3 Å². The van der Waals surface area contributed by atoms with Crippen LogP contribution in [0.25, 0.3) is 6.08 Å². The van der Waals surface area contributed by atoms with Gasteiger partial charge >= 0.3 is 0 Å². The van der Waals surface area contributed by atoms with Crippen molar-refractivity contribution in [1.82, 2.24) is 0 Å². The summed E-state index contributed by atoms with van der Waals surface area (Å²) in [4.78, 5) is 24.7. The Bertz CT molecular complexity index is 1140. The van der Waals surface area contributed by atoms with Gasteiger partial charge < -0.3 is 9.47 Å². The number of ether oxygens (including phenoxy) is 2. The predicted octanol–water partition coefficient (Wildman–Crippen LogP) is 5.36. The fraction of sp³-hybridized carbons (Fsp3) is 0.0435. The lowest BCUT2D eigenvalue weighted by Crippen LogP contribution is -2.11. The summed E-state index contributed by atoms with van der Waals surface area (Å²) in [7, 11) is 0. The van der Waals surface area contributed by atoms with Crippen LogP contribution in [0.3, 0.4) is 0 Å². The van der Waals surface area contributed by atoms with Gasteiger partial charge in [-0.1, -0.05) is 23.7 Å². The number of ketones is 2. The minimum atomic E-state index is -0.400. The number of hydrogen-bond acceptors (Lipinski definition) is 4. The van der Waals surface area contributed by atoms with Gasteiger partial charge in [-0.05, 0) is 60.2 Å². The number of carbonyl (C=O) groups is 2. The van der Waals surface area contributed by atoms with Crippen LogP contribution >= 0.6 is 11.6 Å². The van der Waals surface area contributed by atoms with E-state index in [1.54, 1.807) is 54.6 Å². The Balaban J connectivity index is 1.47. The fourth-order valence-corrected chi connectivity index (χ4v) is 3.00. The molecule has 29 heavy (non-hydrogen) atoms. The highest BCUT2D eigenvalue weighted by molar-refractivity contribution is 6.30. The molecule has 1 aliphatic rings. The molecule has 144 valence electrons. The normalized spacial score (nSPS) is 13.9. The summed E-state index contributed by atoms with van der Waals surface area (Å²) in [5.74, 6) is -0.0813. The van der Waals surface area contributed by atoms with Crippen molar-refractivity contribution in [3.63, 3.8) is 0 Å². The molecule has 3 aromatic rings. The first-order valence-electron chi connectivity index (χ1n) is 8.75. The Kier molecular flexibility index (Phi) is 5.14. The zero-order valence-electron chi connectivity index (χ0n) is 15.0. The predicted molar refractivity (Wildman–Crippen MR) is 107 cm³/mol. The quantitative estimate of drug-likeness (QED) is 0.421. The molecule has 0 saturated carbocycles. The van der Waals surface area contributed by atoms with Gasteiger partial charge in [0.25, 0.3) is 0 Å². The third-order valence-electron chi connectivity index (χ3n) is 4.32. The summed E-state index contributed by atoms with van der Waals surface area (Å²) < 4.78 is 24.5. The molecule has 6 heteroatoms. The highest BCUT2D eigenvalue weighted by Gasteiger charge is 2.27. The third-order valence-corrected chi connectivity index (χ3v) is 4.58. The van der Waals surface area contributed by atoms with Gasteiger partial charge in [0.05, 0.1) is 5.56 Å². The van der Waals surface area contributed by atoms with E-state index in [-0.39, 0.29) is 23.9 Å². The number of Topliss-reactive ketones (excluding diaryl/α,β-unsaturated/α-hetero) is 2. The lowest BCUT2D eigenvalue weighted by Gasteiger charge is -2.07. The average Bonchev–Trinajstić information content (AvgIpc) is 3.01. The summed E-state index contributed by atoms with van der Waals surface area (Å²) in [5, 5.41) is 0.546. The molecule has 0 bridgehead atoms. The highest BCUT2D eigenvalue weighted by atomic mass is 35.5. The monoisotopic (exact) mass is 408 g/mol. The summed E-state index contributed by atoms with van der Waals surface area (Å²) in [6.45, 7) is -0.166. The van der Waals surface area contributed by atoms with Crippen molar-refractivity contribution in [2.75, 3.05) is 6.61 Å². The van der Waals surface area contributed by atoms with E-state index in [1.165, 1.54) is 18.2 Å². The summed E-state index contributed by atoms with van der Waals surface area (Å²) in [5.41, 5.74) is 1.39. The van der Waals surface area contributed by atoms with Gasteiger partial charge in [-0.2, -0.15) is 0 Å². The molecule has 0 atom stereocenters. The highest BCUT2D eigenvalue weighted by Crippen LogP contribution is 2.35. The second-order valence-corrected chi connectivity index (χ2v) is 6.81. The van der Waals surface area contributed by atoms with E-state index >= 15 is 0 Å². The second-order valence-electron chi connectivity index (χ2n) is 6.37. The molecule has 4 rings (SSSR count). The zero-order chi connectivity index (χ0) is 20.4. The first-order valence-corrected chi connectivity index (χ1v) is 9.13. The van der Waals surface area contributed by atoms with Gasteiger partial charge in [-0.3, -0.25) is 9.59 Å². The van der Waals surface area contributed by atoms with Crippen molar-refractivity contribution in [3.05, 3.63) is 100 Å². The Morgan fingerprint density at radius 1 is 1.07 bits per heavy atom. The van der Waals surface area contributed by atoms with Gasteiger partial charge in [0.2, 0.25) is 5.78 Å². The van der Waals surface area contributed by atoms with Crippen LogP contribution in [-0.2, 0) is 0 Å². The Morgan fingerprint density at radius 2 is 1.86 bits per heavy atom. The zero-order valence-corrected chi connectivity index (χ0v) is 15.8. The van der Waals surface area contributed by atoms with Gasteiger partial charge in [0.1, 0.15) is 17.3 Å². The molecule has 0 saturated heterocycles. The van der Waals surface area contributed by atoms with Gasteiger partial charge in [0, 0.05) is 16.7 Å². The number of rotatable bonds is 5. The van der Waals surface area contributed by atoms with Crippen molar-refractivity contribution in [2.45, 2.75) is 0 Å². The first-order chi connectivity index (χ1) is 14.0. The van der Waals surface area contributed by atoms with Crippen molar-refractivity contribution in [3.8, 4) is 11.5 Å². The van der Waals surface area contributed by atoms with E-state index in [2.05, 4.69) is 0 Å². The van der Waals surface area contributed by atoms with E-state index in [9.17, 15) is 14.0 Å². The third kappa shape index (κ3) is 4.20. The fourth-order valence-electron chi connectivity index (χ4n) is 2.87. The van der Waals surface area contributed by atoms with Crippen LogP contribution in [0.5, 0.6) is 11.5 Å². The number of hydrogen-bond donors (Lipinski definition) is 0. The Morgan fingerprint density at radius 3 is 2.62 bits per heavy atom. The van der Waals surface area contributed by atoms with Crippen LogP contribution in [0.4, 0.5) is 4.39 Å². The van der Waals surface area contributed by atoms with E-state index in [4.69, 9.17) is 21.1 Å². The molecule has 0 aromatic heterocycles. The molecule has 0 radical (unpaired) electrons. The summed E-state index contributed by atoms with van der Waals surface area (Å²) >= 11 is 5.82. The SMILES string of the molecule is O=C(COc1ccc2c(c1)OC(=Cc1cccc(F)c1)C2=O)c1ccc(Cl)cc1. The smallest absolute Gasteiger partial charge is 0.231 e. The number of benzene rings is 3. The summed E-state index contributed by atoms with van der Waals surface area (Å²) in [6.07, 6.45) is 1.48. The molecule has 1 heterocycles. The van der Waals surface area contributed by atoms with Crippen LogP contribution in [0.2, 0.25) is 5.02 Å². The van der Waals surface area contributed by atoms with E-state index in [0.29, 0.717) is 33.2 Å². The standard InChI is InChI=1S/C23H14ClFO4/c24-16-6-4-15(5-7-16)20(26)13-28-18-8-9-19-21(12-18)29-22(23(19)27)11-14-2-1-3-17(25)10-14/h1-12H,13H2. The number of carbonyl (C=O) groups excluding carboxylic acids is 2. The number of fused-ring (bicyclic) bond motifs is 1. The molecule has 1 aliphatic heterocycles. The molecule has 0 aliphatic carbocycles. The van der Waals surface area contributed by atoms with Crippen molar-refractivity contribution in [1.29, 1.82) is 0 Å². The molecular weight excluding hydrogens is 395 g/mol. The molecule has 3 aromatic carbocycles. The van der Waals surface area contributed by atoms with E-state index in [1.807, 2.05) is 0 Å². The van der Waals surface area contributed by atoms with Gasteiger partial charge in [-0.15, -0.1) is 0 Å². The molecule has 0 N–H and O–H groups in total. The number of allylic oxidation sites excluding steroid dienone is 1. The van der Waals surface area contributed by atoms with Crippen LogP contribution in [0, 0.1) is 5.82 Å². The maximum Gasteiger partial charge on any atom is 0.231 e. The van der Waals surface area contributed by atoms with Crippen LogP contribution in [-0.4, -0.2) is 18.2 Å². The molecular formula is C23H14ClFO4. The van der Waals surface area contributed by atoms with Crippen LogP contribution in [0.15, 0.2) is 72.5 Å². The summed E-state index contributed by atoms with van der Waals surface area (Å²) in [6, 6.07) is 17.1. The van der Waals surface area contributed by atoms with Crippen molar-refractivity contribution < 1.29 is 23.5 Å². The molecule has 4 nitrogen and oxygen atoms in total. The van der Waals surface area contributed by atoms with Gasteiger partial charge in [0.15, 0.2) is 18.1 Å².